The fourth-order valence-electron chi connectivity index (χ4n) is 3.09. The summed E-state index contributed by atoms with van der Waals surface area (Å²) < 4.78 is 6.75. The maximum absolute atomic E-state index is 12.6. The molecule has 0 fully saturated rings. The molecule has 0 aliphatic carbocycles. The van der Waals surface area contributed by atoms with Gasteiger partial charge in [-0.3, -0.25) is 19.9 Å². The normalized spacial score (nSPS) is 10.7. The summed E-state index contributed by atoms with van der Waals surface area (Å²) in [6.45, 7) is 3.18. The van der Waals surface area contributed by atoms with Crippen LogP contribution in [0.25, 0.3) is 10.9 Å². The minimum Gasteiger partial charge on any atom is -0.452 e. The fourth-order valence-corrected chi connectivity index (χ4v) is 3.09. The van der Waals surface area contributed by atoms with Crippen LogP contribution in [0.2, 0.25) is 0 Å². The number of fused-ring (bicyclic) bond motifs is 1. The van der Waals surface area contributed by atoms with Crippen molar-refractivity contribution >= 4 is 28.7 Å². The average molecular weight is 379 g/mol. The minimum atomic E-state index is -0.691. The van der Waals surface area contributed by atoms with E-state index >= 15 is 0 Å². The monoisotopic (exact) mass is 379 g/mol. The smallest absolute Gasteiger partial charge is 0.340 e. The summed E-state index contributed by atoms with van der Waals surface area (Å²) in [5.74, 6) is -1.87. The Morgan fingerprint density at radius 1 is 1.14 bits per heavy atom. The number of hydrogen-bond donors (Lipinski definition) is 1. The van der Waals surface area contributed by atoms with Crippen LogP contribution in [0.5, 0.6) is 0 Å². The first-order chi connectivity index (χ1) is 13.4. The van der Waals surface area contributed by atoms with Gasteiger partial charge in [-0.15, -0.1) is 0 Å². The van der Waals surface area contributed by atoms with Gasteiger partial charge in [-0.2, -0.15) is 0 Å². The van der Waals surface area contributed by atoms with E-state index in [-0.39, 0.29) is 0 Å². The van der Waals surface area contributed by atoms with Crippen molar-refractivity contribution in [3.63, 3.8) is 0 Å². The fraction of sp³-hybridized carbons (Fsp3) is 0.238. The predicted octanol–water partition coefficient (Wildman–Crippen LogP) is 2.56. The Hall–Kier alpha value is -3.48. The molecule has 7 heteroatoms. The highest BCUT2D eigenvalue weighted by Crippen LogP contribution is 2.24. The molecule has 0 unspecified atom stereocenters. The number of carbonyl (C=O) groups excluding carboxylic acids is 3. The third-order valence-corrected chi connectivity index (χ3v) is 4.53. The molecule has 2 aromatic heterocycles. The van der Waals surface area contributed by atoms with Crippen LogP contribution >= 0.6 is 0 Å². The molecule has 7 nitrogen and oxygen atoms in total. The number of aromatic nitrogens is 2. The van der Waals surface area contributed by atoms with Gasteiger partial charge in [-0.1, -0.05) is 25.1 Å². The molecular formula is C21H21N3O4. The number of benzene rings is 1. The van der Waals surface area contributed by atoms with Crippen LogP contribution < -0.4 is 5.32 Å². The Balaban J connectivity index is 1.73. The lowest BCUT2D eigenvalue weighted by Crippen LogP contribution is -2.35. The van der Waals surface area contributed by atoms with E-state index in [9.17, 15) is 14.4 Å². The van der Waals surface area contributed by atoms with Crippen molar-refractivity contribution in [1.29, 1.82) is 0 Å². The van der Waals surface area contributed by atoms with Crippen LogP contribution in [0.1, 0.15) is 39.0 Å². The number of para-hydroxylation sites is 1. The minimum absolute atomic E-state index is 0.336. The maximum atomic E-state index is 12.6. The summed E-state index contributed by atoms with van der Waals surface area (Å²) in [7, 11) is 1.70. The van der Waals surface area contributed by atoms with Crippen molar-refractivity contribution in [3.05, 3.63) is 65.1 Å². The molecule has 0 spiro atoms. The topological polar surface area (TPSA) is 90.3 Å². The standard InChI is InChI=1S/C21H21N3O4/c1-4-15-19(13(2)14-8-5-6-9-16(14)22-15)21(27)28-12-18(25)23-20(26)17-10-7-11-24(17)3/h5-11H,4,12H2,1-3H3,(H,23,25,26). The lowest BCUT2D eigenvalue weighted by molar-refractivity contribution is -0.123. The van der Waals surface area contributed by atoms with Gasteiger partial charge in [0.05, 0.1) is 16.8 Å². The first-order valence-corrected chi connectivity index (χ1v) is 8.93. The van der Waals surface area contributed by atoms with Gasteiger partial charge in [0.25, 0.3) is 11.8 Å². The highest BCUT2D eigenvalue weighted by atomic mass is 16.5. The van der Waals surface area contributed by atoms with Gasteiger partial charge in [-0.05, 0) is 37.1 Å². The molecule has 2 heterocycles. The highest BCUT2D eigenvalue weighted by molar-refractivity contribution is 6.05. The number of amides is 2. The van der Waals surface area contributed by atoms with Crippen LogP contribution in [0.4, 0.5) is 0 Å². The third kappa shape index (κ3) is 3.78. The number of esters is 1. The number of ether oxygens (including phenoxy) is 1. The van der Waals surface area contributed by atoms with E-state index in [4.69, 9.17) is 4.74 Å². The number of nitrogens with zero attached hydrogens (tertiary/aromatic N) is 2. The zero-order chi connectivity index (χ0) is 20.3. The second-order valence-electron chi connectivity index (χ2n) is 6.39. The van der Waals surface area contributed by atoms with Gasteiger partial charge in [0.1, 0.15) is 5.69 Å². The van der Waals surface area contributed by atoms with E-state index < -0.39 is 24.4 Å². The Kier molecular flexibility index (Phi) is 5.54. The second-order valence-corrected chi connectivity index (χ2v) is 6.39. The van der Waals surface area contributed by atoms with E-state index in [1.807, 2.05) is 38.1 Å². The summed E-state index contributed by atoms with van der Waals surface area (Å²) in [6.07, 6.45) is 2.25. The number of hydrogen-bond acceptors (Lipinski definition) is 5. The van der Waals surface area contributed by atoms with Crippen molar-refractivity contribution in [2.75, 3.05) is 6.61 Å². The number of nitrogens with one attached hydrogen (secondary N) is 1. The lowest BCUT2D eigenvalue weighted by atomic mass is 10.0. The molecule has 1 aromatic carbocycles. The van der Waals surface area contributed by atoms with Gasteiger partial charge >= 0.3 is 5.97 Å². The lowest BCUT2D eigenvalue weighted by Gasteiger charge is -2.13. The first-order valence-electron chi connectivity index (χ1n) is 8.93. The Bertz CT molecular complexity index is 1070. The van der Waals surface area contributed by atoms with Crippen molar-refractivity contribution in [2.45, 2.75) is 20.3 Å². The highest BCUT2D eigenvalue weighted by Gasteiger charge is 2.21. The zero-order valence-corrected chi connectivity index (χ0v) is 16.0. The van der Waals surface area contributed by atoms with E-state index in [1.165, 1.54) is 0 Å². The molecule has 0 aliphatic rings. The molecule has 144 valence electrons. The number of pyridine rings is 1. The van der Waals surface area contributed by atoms with Crippen molar-refractivity contribution in [2.24, 2.45) is 7.05 Å². The quantitative estimate of drug-likeness (QED) is 0.688. The summed E-state index contributed by atoms with van der Waals surface area (Å²) in [5.41, 5.74) is 2.87. The largest absolute Gasteiger partial charge is 0.452 e. The molecule has 0 bridgehead atoms. The van der Waals surface area contributed by atoms with Crippen LogP contribution in [0.15, 0.2) is 42.6 Å². The van der Waals surface area contributed by atoms with Crippen LogP contribution in [0, 0.1) is 6.92 Å². The Morgan fingerprint density at radius 3 is 2.57 bits per heavy atom. The molecule has 2 amide bonds. The van der Waals surface area contributed by atoms with Crippen LogP contribution in [0.3, 0.4) is 0 Å². The molecule has 3 rings (SSSR count). The molecule has 3 aromatic rings. The summed E-state index contributed by atoms with van der Waals surface area (Å²) >= 11 is 0. The maximum Gasteiger partial charge on any atom is 0.340 e. The van der Waals surface area contributed by atoms with E-state index in [1.54, 1.807) is 29.9 Å². The molecule has 0 saturated heterocycles. The molecule has 0 radical (unpaired) electrons. The van der Waals surface area contributed by atoms with Crippen LogP contribution in [-0.2, 0) is 23.0 Å². The van der Waals surface area contributed by atoms with Crippen molar-refractivity contribution in [1.82, 2.24) is 14.9 Å². The molecule has 1 N–H and O–H groups in total. The number of imide groups is 1. The SMILES string of the molecule is CCc1nc2ccccc2c(C)c1C(=O)OCC(=O)NC(=O)c1cccn1C. The molecule has 0 atom stereocenters. The van der Waals surface area contributed by atoms with Gasteiger partial charge in [0, 0.05) is 18.6 Å². The van der Waals surface area contributed by atoms with E-state index in [0.717, 1.165) is 16.5 Å². The number of rotatable bonds is 5. The summed E-state index contributed by atoms with van der Waals surface area (Å²) in [6, 6.07) is 10.8. The number of carbonyl (C=O) groups is 3. The Morgan fingerprint density at radius 2 is 1.89 bits per heavy atom. The van der Waals surface area contributed by atoms with Gasteiger partial charge in [-0.25, -0.2) is 4.79 Å². The summed E-state index contributed by atoms with van der Waals surface area (Å²) in [5, 5.41) is 3.07. The Labute approximate surface area is 162 Å². The van der Waals surface area contributed by atoms with Crippen LogP contribution in [-0.4, -0.2) is 33.9 Å². The zero-order valence-electron chi connectivity index (χ0n) is 16.0. The second kappa shape index (κ2) is 8.04. The van der Waals surface area contributed by atoms with Gasteiger partial charge in [0.15, 0.2) is 6.61 Å². The summed E-state index contributed by atoms with van der Waals surface area (Å²) in [4.78, 5) is 41.2. The molecular weight excluding hydrogens is 358 g/mol. The van der Waals surface area contributed by atoms with Gasteiger partial charge < -0.3 is 9.30 Å². The van der Waals surface area contributed by atoms with E-state index in [0.29, 0.717) is 23.4 Å². The number of aryl methyl sites for hydroxylation is 3. The van der Waals surface area contributed by atoms with Crippen molar-refractivity contribution in [3.8, 4) is 0 Å². The molecule has 0 aliphatic heterocycles. The molecule has 0 saturated carbocycles. The van der Waals surface area contributed by atoms with E-state index in [2.05, 4.69) is 10.3 Å². The third-order valence-electron chi connectivity index (χ3n) is 4.53. The first kappa shape index (κ1) is 19.3. The average Bonchev–Trinajstić information content (AvgIpc) is 3.12. The molecule has 28 heavy (non-hydrogen) atoms. The van der Waals surface area contributed by atoms with Gasteiger partial charge in [0.2, 0.25) is 0 Å². The van der Waals surface area contributed by atoms with Crippen molar-refractivity contribution < 1.29 is 19.1 Å². The predicted molar refractivity (Wildman–Crippen MR) is 104 cm³/mol.